The summed E-state index contributed by atoms with van der Waals surface area (Å²) in [5.74, 6) is 1.26. The van der Waals surface area contributed by atoms with Crippen LogP contribution in [-0.4, -0.2) is 13.1 Å². The fourth-order valence-corrected chi connectivity index (χ4v) is 3.03. The van der Waals surface area contributed by atoms with Gasteiger partial charge in [0, 0.05) is 11.6 Å². The zero-order valence-corrected chi connectivity index (χ0v) is 14.6. The SMILES string of the molecule is COc1ccccc1-c1c(C)oc2cc(OC(=O)C3CC3)ccc2c1=O. The number of carbonyl (C=O) groups excluding carboxylic acids is 1. The molecule has 0 atom stereocenters. The van der Waals surface area contributed by atoms with Crippen molar-refractivity contribution in [2.24, 2.45) is 5.92 Å². The van der Waals surface area contributed by atoms with Gasteiger partial charge in [-0.05, 0) is 38.0 Å². The molecule has 0 aliphatic heterocycles. The zero-order chi connectivity index (χ0) is 18.3. The minimum absolute atomic E-state index is 0.00682. The molecule has 1 fully saturated rings. The van der Waals surface area contributed by atoms with E-state index in [1.807, 2.05) is 18.2 Å². The third kappa shape index (κ3) is 2.86. The Morgan fingerprint density at radius 1 is 1.15 bits per heavy atom. The van der Waals surface area contributed by atoms with Crippen molar-refractivity contribution in [2.45, 2.75) is 19.8 Å². The topological polar surface area (TPSA) is 65.7 Å². The van der Waals surface area contributed by atoms with Gasteiger partial charge >= 0.3 is 5.97 Å². The number of aryl methyl sites for hydroxylation is 1. The molecule has 0 N–H and O–H groups in total. The number of hydrogen-bond acceptors (Lipinski definition) is 5. The molecule has 0 radical (unpaired) electrons. The third-order valence-electron chi connectivity index (χ3n) is 4.55. The molecular formula is C21H18O5. The van der Waals surface area contributed by atoms with Crippen LogP contribution < -0.4 is 14.9 Å². The first-order valence-corrected chi connectivity index (χ1v) is 8.51. The first-order valence-electron chi connectivity index (χ1n) is 8.51. The molecule has 5 nitrogen and oxygen atoms in total. The Morgan fingerprint density at radius 2 is 1.92 bits per heavy atom. The monoisotopic (exact) mass is 350 g/mol. The van der Waals surface area contributed by atoms with Gasteiger partial charge in [-0.2, -0.15) is 0 Å². The summed E-state index contributed by atoms with van der Waals surface area (Å²) in [7, 11) is 1.57. The quantitative estimate of drug-likeness (QED) is 0.524. The van der Waals surface area contributed by atoms with Gasteiger partial charge in [0.1, 0.15) is 22.8 Å². The number of hydrogen-bond donors (Lipinski definition) is 0. The van der Waals surface area contributed by atoms with Crippen molar-refractivity contribution in [3.63, 3.8) is 0 Å². The number of esters is 1. The molecule has 0 bridgehead atoms. The Morgan fingerprint density at radius 3 is 2.65 bits per heavy atom. The van der Waals surface area contributed by atoms with E-state index in [1.54, 1.807) is 38.3 Å². The molecule has 1 aromatic heterocycles. The first-order chi connectivity index (χ1) is 12.6. The van der Waals surface area contributed by atoms with Crippen molar-refractivity contribution in [1.29, 1.82) is 0 Å². The highest BCUT2D eigenvalue weighted by Crippen LogP contribution is 2.33. The zero-order valence-electron chi connectivity index (χ0n) is 14.6. The molecule has 0 spiro atoms. The lowest BCUT2D eigenvalue weighted by molar-refractivity contribution is -0.135. The summed E-state index contributed by atoms with van der Waals surface area (Å²) in [4.78, 5) is 24.9. The van der Waals surface area contributed by atoms with E-state index in [-0.39, 0.29) is 17.3 Å². The molecule has 0 saturated heterocycles. The van der Waals surface area contributed by atoms with Crippen LogP contribution in [0, 0.1) is 12.8 Å². The van der Waals surface area contributed by atoms with Gasteiger partial charge in [-0.3, -0.25) is 9.59 Å². The van der Waals surface area contributed by atoms with Gasteiger partial charge in [0.25, 0.3) is 0 Å². The Balaban J connectivity index is 1.82. The fourth-order valence-electron chi connectivity index (χ4n) is 3.03. The average Bonchev–Trinajstić information content (AvgIpc) is 3.47. The van der Waals surface area contributed by atoms with Crippen LogP contribution in [0.15, 0.2) is 51.7 Å². The van der Waals surface area contributed by atoms with Gasteiger partial charge in [0.15, 0.2) is 0 Å². The summed E-state index contributed by atoms with van der Waals surface area (Å²) < 4.78 is 16.6. The summed E-state index contributed by atoms with van der Waals surface area (Å²) >= 11 is 0. The predicted octanol–water partition coefficient (Wildman–Crippen LogP) is 4.09. The molecule has 1 heterocycles. The van der Waals surface area contributed by atoms with Crippen LogP contribution in [0.2, 0.25) is 0 Å². The van der Waals surface area contributed by atoms with E-state index in [4.69, 9.17) is 13.9 Å². The molecule has 1 aliphatic rings. The average molecular weight is 350 g/mol. The minimum Gasteiger partial charge on any atom is -0.496 e. The van der Waals surface area contributed by atoms with Crippen molar-refractivity contribution in [1.82, 2.24) is 0 Å². The van der Waals surface area contributed by atoms with Gasteiger partial charge < -0.3 is 13.9 Å². The summed E-state index contributed by atoms with van der Waals surface area (Å²) in [6.07, 6.45) is 1.76. The molecular weight excluding hydrogens is 332 g/mol. The van der Waals surface area contributed by atoms with Crippen LogP contribution in [-0.2, 0) is 4.79 Å². The molecule has 5 heteroatoms. The van der Waals surface area contributed by atoms with E-state index < -0.39 is 0 Å². The maximum absolute atomic E-state index is 13.0. The highest BCUT2D eigenvalue weighted by Gasteiger charge is 2.31. The number of fused-ring (bicyclic) bond motifs is 1. The first kappa shape index (κ1) is 16.4. The Kier molecular flexibility index (Phi) is 3.99. The summed E-state index contributed by atoms with van der Waals surface area (Å²) in [6.45, 7) is 1.74. The van der Waals surface area contributed by atoms with Crippen LogP contribution in [0.4, 0.5) is 0 Å². The maximum Gasteiger partial charge on any atom is 0.314 e. The van der Waals surface area contributed by atoms with E-state index in [9.17, 15) is 9.59 Å². The van der Waals surface area contributed by atoms with Crippen LogP contribution in [0.3, 0.4) is 0 Å². The Labute approximate surface area is 150 Å². The van der Waals surface area contributed by atoms with E-state index in [0.29, 0.717) is 39.4 Å². The molecule has 1 aliphatic carbocycles. The van der Waals surface area contributed by atoms with E-state index in [2.05, 4.69) is 0 Å². The highest BCUT2D eigenvalue weighted by molar-refractivity contribution is 5.86. The Bertz CT molecular complexity index is 1060. The van der Waals surface area contributed by atoms with E-state index in [0.717, 1.165) is 12.8 Å². The normalized spacial score (nSPS) is 13.6. The van der Waals surface area contributed by atoms with Crippen molar-refractivity contribution >= 4 is 16.9 Å². The lowest BCUT2D eigenvalue weighted by atomic mass is 10.0. The molecule has 26 heavy (non-hydrogen) atoms. The van der Waals surface area contributed by atoms with Crippen molar-refractivity contribution < 1.29 is 18.7 Å². The molecule has 0 amide bonds. The van der Waals surface area contributed by atoms with Gasteiger partial charge in [0.05, 0.1) is 24.0 Å². The number of para-hydroxylation sites is 1. The highest BCUT2D eigenvalue weighted by atomic mass is 16.5. The number of rotatable bonds is 4. The summed E-state index contributed by atoms with van der Waals surface area (Å²) in [6, 6.07) is 12.2. The second-order valence-corrected chi connectivity index (χ2v) is 6.42. The van der Waals surface area contributed by atoms with Crippen molar-refractivity contribution in [2.75, 3.05) is 7.11 Å². The largest absolute Gasteiger partial charge is 0.496 e. The summed E-state index contributed by atoms with van der Waals surface area (Å²) in [5, 5.41) is 0.433. The van der Waals surface area contributed by atoms with E-state index >= 15 is 0 Å². The second-order valence-electron chi connectivity index (χ2n) is 6.42. The van der Waals surface area contributed by atoms with Gasteiger partial charge in [-0.25, -0.2) is 0 Å². The van der Waals surface area contributed by atoms with Crippen molar-refractivity contribution in [3.8, 4) is 22.6 Å². The van der Waals surface area contributed by atoms with E-state index in [1.165, 1.54) is 0 Å². The molecule has 1 saturated carbocycles. The number of ether oxygens (including phenoxy) is 2. The van der Waals surface area contributed by atoms with Gasteiger partial charge in [-0.15, -0.1) is 0 Å². The smallest absolute Gasteiger partial charge is 0.314 e. The number of carbonyl (C=O) groups is 1. The second kappa shape index (κ2) is 6.33. The van der Waals surface area contributed by atoms with Gasteiger partial charge in [0.2, 0.25) is 5.43 Å². The maximum atomic E-state index is 13.0. The minimum atomic E-state index is -0.228. The molecule has 0 unspecified atom stereocenters. The van der Waals surface area contributed by atoms with Crippen molar-refractivity contribution in [3.05, 3.63) is 58.4 Å². The molecule has 132 valence electrons. The standard InChI is InChI=1S/C21H18O5/c1-12-19(15-5-3-4-6-17(15)24-2)20(22)16-10-9-14(11-18(16)25-12)26-21(23)13-7-8-13/h3-6,9-11,13H,7-8H2,1-2H3. The molecule has 4 rings (SSSR count). The lowest BCUT2D eigenvalue weighted by Gasteiger charge is -2.11. The molecule has 3 aromatic rings. The van der Waals surface area contributed by atoms with Crippen LogP contribution >= 0.6 is 0 Å². The number of benzene rings is 2. The molecule has 2 aromatic carbocycles. The predicted molar refractivity (Wildman–Crippen MR) is 97.6 cm³/mol. The summed E-state index contributed by atoms with van der Waals surface area (Å²) in [5.41, 5.74) is 1.41. The third-order valence-corrected chi connectivity index (χ3v) is 4.55. The van der Waals surface area contributed by atoms with Crippen LogP contribution in [0.5, 0.6) is 11.5 Å². The van der Waals surface area contributed by atoms with Crippen LogP contribution in [0.1, 0.15) is 18.6 Å². The van der Waals surface area contributed by atoms with Crippen LogP contribution in [0.25, 0.3) is 22.1 Å². The lowest BCUT2D eigenvalue weighted by Crippen LogP contribution is -2.11. The number of methoxy groups -OCH3 is 1. The fraction of sp³-hybridized carbons (Fsp3) is 0.238. The Hall–Kier alpha value is -3.08. The van der Waals surface area contributed by atoms with Gasteiger partial charge in [-0.1, -0.05) is 18.2 Å².